The van der Waals surface area contributed by atoms with E-state index >= 15 is 0 Å². The Balaban J connectivity index is 1.65. The van der Waals surface area contributed by atoms with Crippen LogP contribution in [-0.2, 0) is 16.4 Å². The van der Waals surface area contributed by atoms with Gasteiger partial charge in [-0.25, -0.2) is 18.4 Å². The highest BCUT2D eigenvalue weighted by Gasteiger charge is 2.15. The predicted octanol–water partition coefficient (Wildman–Crippen LogP) is 3.14. The first-order valence-corrected chi connectivity index (χ1v) is 11.2. The molecule has 0 saturated carbocycles. The standard InChI is InChI=1S/C20H24N6O3S/c1-4-8-30(28,29)26-17-7-5-6-16(10-17)23-20-21-11-15(12-22-20)9-18(27)19-13(2)14(3)24-25-19/h5-7,10-12,26H,4,8-9H2,1-3H3,(H,24,25)(H,21,22,23). The maximum Gasteiger partial charge on any atom is 0.232 e. The van der Waals surface area contributed by atoms with Crippen molar-refractivity contribution in [1.82, 2.24) is 20.2 Å². The van der Waals surface area contributed by atoms with E-state index in [9.17, 15) is 13.2 Å². The van der Waals surface area contributed by atoms with Crippen molar-refractivity contribution >= 4 is 33.1 Å². The van der Waals surface area contributed by atoms with E-state index in [1.165, 1.54) is 0 Å². The van der Waals surface area contributed by atoms with E-state index in [-0.39, 0.29) is 18.0 Å². The summed E-state index contributed by atoms with van der Waals surface area (Å²) in [7, 11) is -3.36. The van der Waals surface area contributed by atoms with Crippen molar-refractivity contribution in [2.45, 2.75) is 33.6 Å². The number of aromatic nitrogens is 4. The summed E-state index contributed by atoms with van der Waals surface area (Å²) < 4.78 is 26.4. The number of rotatable bonds is 9. The van der Waals surface area contributed by atoms with Gasteiger partial charge in [0.1, 0.15) is 5.69 Å². The van der Waals surface area contributed by atoms with Crippen LogP contribution in [0, 0.1) is 13.8 Å². The molecule has 158 valence electrons. The first-order chi connectivity index (χ1) is 14.3. The SMILES string of the molecule is CCCS(=O)(=O)Nc1cccc(Nc2ncc(CC(=O)c3n[nH]c(C)c3C)cn2)c1. The molecule has 3 rings (SSSR count). The van der Waals surface area contributed by atoms with Crippen molar-refractivity contribution in [1.29, 1.82) is 0 Å². The van der Waals surface area contributed by atoms with Crippen LogP contribution in [0.4, 0.5) is 17.3 Å². The Morgan fingerprint density at radius 3 is 2.47 bits per heavy atom. The van der Waals surface area contributed by atoms with Gasteiger partial charge in [0, 0.05) is 35.8 Å². The van der Waals surface area contributed by atoms with Crippen molar-refractivity contribution in [3.05, 3.63) is 59.2 Å². The quantitative estimate of drug-likeness (QED) is 0.446. The second-order valence-corrected chi connectivity index (χ2v) is 8.81. The fraction of sp³-hybridized carbons (Fsp3) is 0.300. The first-order valence-electron chi connectivity index (χ1n) is 9.50. The number of aryl methyl sites for hydroxylation is 1. The van der Waals surface area contributed by atoms with Gasteiger partial charge in [0.25, 0.3) is 0 Å². The van der Waals surface area contributed by atoms with Crippen LogP contribution >= 0.6 is 0 Å². The topological polar surface area (TPSA) is 130 Å². The van der Waals surface area contributed by atoms with Crippen molar-refractivity contribution in [2.24, 2.45) is 0 Å². The second kappa shape index (κ2) is 9.04. The zero-order valence-corrected chi connectivity index (χ0v) is 17.9. The van der Waals surface area contributed by atoms with Crippen molar-refractivity contribution in [3.63, 3.8) is 0 Å². The Hall–Kier alpha value is -3.27. The van der Waals surface area contributed by atoms with E-state index in [1.54, 1.807) is 36.7 Å². The minimum Gasteiger partial charge on any atom is -0.324 e. The molecule has 0 aliphatic heterocycles. The summed E-state index contributed by atoms with van der Waals surface area (Å²) in [5.74, 6) is 0.297. The number of ketones is 1. The zero-order valence-electron chi connectivity index (χ0n) is 17.1. The third-order valence-corrected chi connectivity index (χ3v) is 5.94. The molecule has 0 amide bonds. The van der Waals surface area contributed by atoms with Gasteiger partial charge in [0.05, 0.1) is 11.4 Å². The summed E-state index contributed by atoms with van der Waals surface area (Å²) in [4.78, 5) is 20.9. The number of carbonyl (C=O) groups excluding carboxylic acids is 1. The maximum atomic E-state index is 12.4. The van der Waals surface area contributed by atoms with Crippen molar-refractivity contribution in [3.8, 4) is 0 Å². The summed E-state index contributed by atoms with van der Waals surface area (Å²) in [6.45, 7) is 5.53. The predicted molar refractivity (Wildman–Crippen MR) is 116 cm³/mol. The van der Waals surface area contributed by atoms with Crippen LogP contribution in [0.15, 0.2) is 36.7 Å². The summed E-state index contributed by atoms with van der Waals surface area (Å²) in [5.41, 5.74) is 3.91. The fourth-order valence-corrected chi connectivity index (χ4v) is 3.95. The Morgan fingerprint density at radius 1 is 1.13 bits per heavy atom. The highest BCUT2D eigenvalue weighted by atomic mass is 32.2. The van der Waals surface area contributed by atoms with E-state index in [4.69, 9.17) is 0 Å². The van der Waals surface area contributed by atoms with Gasteiger partial charge in [0.15, 0.2) is 5.78 Å². The highest BCUT2D eigenvalue weighted by Crippen LogP contribution is 2.19. The smallest absolute Gasteiger partial charge is 0.232 e. The van der Waals surface area contributed by atoms with Crippen LogP contribution in [0.1, 0.15) is 40.7 Å². The van der Waals surface area contributed by atoms with Gasteiger partial charge in [-0.05, 0) is 44.0 Å². The monoisotopic (exact) mass is 428 g/mol. The fourth-order valence-electron chi connectivity index (χ4n) is 2.83. The van der Waals surface area contributed by atoms with Crippen LogP contribution in [-0.4, -0.2) is 40.1 Å². The lowest BCUT2D eigenvalue weighted by atomic mass is 10.1. The molecule has 0 aliphatic rings. The number of Topliss-reactive ketones (excluding diaryl/α,β-unsaturated/α-hetero) is 1. The molecule has 0 fully saturated rings. The molecule has 2 aromatic heterocycles. The van der Waals surface area contributed by atoms with Gasteiger partial charge in [-0.15, -0.1) is 0 Å². The molecule has 3 N–H and O–H groups in total. The number of H-pyrrole nitrogens is 1. The average Bonchev–Trinajstić information content (AvgIpc) is 3.02. The number of aromatic amines is 1. The molecule has 0 spiro atoms. The Labute approximate surface area is 175 Å². The summed E-state index contributed by atoms with van der Waals surface area (Å²) in [6.07, 6.45) is 3.85. The molecule has 9 nitrogen and oxygen atoms in total. The van der Waals surface area contributed by atoms with Gasteiger partial charge in [0.2, 0.25) is 16.0 Å². The molecular weight excluding hydrogens is 404 g/mol. The molecule has 30 heavy (non-hydrogen) atoms. The van der Waals surface area contributed by atoms with Crippen LogP contribution in [0.3, 0.4) is 0 Å². The summed E-state index contributed by atoms with van der Waals surface area (Å²) in [6, 6.07) is 6.85. The number of nitrogens with zero attached hydrogens (tertiary/aromatic N) is 3. The normalized spacial score (nSPS) is 11.3. The van der Waals surface area contributed by atoms with E-state index in [0.29, 0.717) is 35.0 Å². The van der Waals surface area contributed by atoms with Crippen LogP contribution in [0.2, 0.25) is 0 Å². The molecule has 0 unspecified atom stereocenters. The molecule has 0 radical (unpaired) electrons. The molecule has 0 bridgehead atoms. The van der Waals surface area contributed by atoms with E-state index in [2.05, 4.69) is 30.2 Å². The number of hydrogen-bond donors (Lipinski definition) is 3. The second-order valence-electron chi connectivity index (χ2n) is 6.96. The number of carbonyl (C=O) groups is 1. The van der Waals surface area contributed by atoms with Gasteiger partial charge in [-0.1, -0.05) is 13.0 Å². The van der Waals surface area contributed by atoms with Gasteiger partial charge < -0.3 is 5.32 Å². The molecule has 3 aromatic rings. The lowest BCUT2D eigenvalue weighted by molar-refractivity contribution is 0.0987. The minimum absolute atomic E-state index is 0.0608. The van der Waals surface area contributed by atoms with Crippen LogP contribution in [0.5, 0.6) is 0 Å². The van der Waals surface area contributed by atoms with Crippen LogP contribution in [0.25, 0.3) is 0 Å². The number of anilines is 3. The molecule has 2 heterocycles. The number of benzene rings is 1. The number of hydrogen-bond acceptors (Lipinski definition) is 7. The lowest BCUT2D eigenvalue weighted by Crippen LogP contribution is -2.16. The zero-order chi connectivity index (χ0) is 21.7. The molecule has 0 aliphatic carbocycles. The van der Waals surface area contributed by atoms with E-state index in [0.717, 1.165) is 11.3 Å². The maximum absolute atomic E-state index is 12.4. The third-order valence-electron chi connectivity index (χ3n) is 4.45. The highest BCUT2D eigenvalue weighted by molar-refractivity contribution is 7.92. The Morgan fingerprint density at radius 2 is 1.83 bits per heavy atom. The largest absolute Gasteiger partial charge is 0.324 e. The molecule has 0 atom stereocenters. The third kappa shape index (κ3) is 5.41. The Bertz CT molecular complexity index is 1140. The van der Waals surface area contributed by atoms with Crippen molar-refractivity contribution in [2.75, 3.05) is 15.8 Å². The number of sulfonamides is 1. The lowest BCUT2D eigenvalue weighted by Gasteiger charge is -2.10. The Kier molecular flexibility index (Phi) is 6.46. The average molecular weight is 429 g/mol. The van der Waals surface area contributed by atoms with Gasteiger partial charge in [-0.3, -0.25) is 14.6 Å². The molecule has 1 aromatic carbocycles. The molecular formula is C20H24N6O3S. The summed E-state index contributed by atoms with van der Waals surface area (Å²) >= 11 is 0. The first kappa shape index (κ1) is 21.4. The van der Waals surface area contributed by atoms with Gasteiger partial charge in [-0.2, -0.15) is 5.10 Å². The minimum atomic E-state index is -3.36. The van der Waals surface area contributed by atoms with Crippen molar-refractivity contribution < 1.29 is 13.2 Å². The van der Waals surface area contributed by atoms with E-state index < -0.39 is 10.0 Å². The molecule has 10 heteroatoms. The molecule has 0 saturated heterocycles. The van der Waals surface area contributed by atoms with E-state index in [1.807, 2.05) is 20.8 Å². The summed E-state index contributed by atoms with van der Waals surface area (Å²) in [5, 5.41) is 9.89. The van der Waals surface area contributed by atoms with Crippen LogP contribution < -0.4 is 10.0 Å². The number of nitrogens with one attached hydrogen (secondary N) is 3. The van der Waals surface area contributed by atoms with Gasteiger partial charge >= 0.3 is 0 Å².